The molecular weight excluding hydrogens is 889 g/mol. The molecule has 0 saturated heterocycles. The fraction of sp³-hybridized carbons (Fsp3) is 0.803. The number of rotatable bonds is 57. The Bertz CT molecular complexity index is 1290. The molecule has 0 saturated carbocycles. The van der Waals surface area contributed by atoms with Crippen LogP contribution in [0.5, 0.6) is 0 Å². The van der Waals surface area contributed by atoms with Crippen molar-refractivity contribution < 1.29 is 28.6 Å². The van der Waals surface area contributed by atoms with Crippen LogP contribution < -0.4 is 0 Å². The van der Waals surface area contributed by atoms with Gasteiger partial charge in [-0.05, 0) is 103 Å². The van der Waals surface area contributed by atoms with E-state index in [9.17, 15) is 14.4 Å². The highest BCUT2D eigenvalue weighted by atomic mass is 16.6. The van der Waals surface area contributed by atoms with Gasteiger partial charge in [0.25, 0.3) is 0 Å². The topological polar surface area (TPSA) is 78.9 Å². The molecule has 0 aliphatic rings. The SMILES string of the molecule is CCCC/C=C\C/C=C\CCCCCCCC(=O)OCC(COC(=O)CCCCCCCCCCC/C=C\C/C=C\CCCCCCC)OC(=O)CCCCCCCCCCC/C=C\CCCCCCCC. The van der Waals surface area contributed by atoms with E-state index in [1.54, 1.807) is 0 Å². The van der Waals surface area contributed by atoms with Gasteiger partial charge >= 0.3 is 17.9 Å². The molecule has 0 aromatic rings. The first-order valence-electron chi connectivity index (χ1n) is 31.3. The predicted molar refractivity (Wildman–Crippen MR) is 312 cm³/mol. The third-order valence-electron chi connectivity index (χ3n) is 13.7. The van der Waals surface area contributed by atoms with Crippen LogP contribution in [0.15, 0.2) is 60.8 Å². The summed E-state index contributed by atoms with van der Waals surface area (Å²) < 4.78 is 16.9. The molecule has 0 fully saturated rings. The van der Waals surface area contributed by atoms with Crippen LogP contribution in [0.1, 0.15) is 323 Å². The fourth-order valence-electron chi connectivity index (χ4n) is 8.96. The number of ether oxygens (including phenoxy) is 3. The zero-order valence-corrected chi connectivity index (χ0v) is 47.9. The van der Waals surface area contributed by atoms with Crippen LogP contribution in [0.2, 0.25) is 0 Å². The third-order valence-corrected chi connectivity index (χ3v) is 13.7. The van der Waals surface area contributed by atoms with E-state index in [1.807, 2.05) is 0 Å². The highest BCUT2D eigenvalue weighted by molar-refractivity contribution is 5.71. The number of hydrogen-bond acceptors (Lipinski definition) is 6. The Labute approximate surface area is 447 Å². The lowest BCUT2D eigenvalue weighted by Gasteiger charge is -2.18. The Balaban J connectivity index is 4.35. The smallest absolute Gasteiger partial charge is 0.306 e. The minimum absolute atomic E-state index is 0.0803. The zero-order valence-electron chi connectivity index (χ0n) is 47.9. The number of carbonyl (C=O) groups excluding carboxylic acids is 3. The first kappa shape index (κ1) is 69.1. The lowest BCUT2D eigenvalue weighted by Crippen LogP contribution is -2.30. The van der Waals surface area contributed by atoms with Gasteiger partial charge in [0.15, 0.2) is 6.10 Å². The van der Waals surface area contributed by atoms with Gasteiger partial charge in [0.1, 0.15) is 13.2 Å². The number of allylic oxidation sites excluding steroid dienone is 10. The van der Waals surface area contributed by atoms with Crippen LogP contribution in [0.25, 0.3) is 0 Å². The third kappa shape index (κ3) is 58.0. The first-order valence-corrected chi connectivity index (χ1v) is 31.3. The molecule has 6 heteroatoms. The summed E-state index contributed by atoms with van der Waals surface area (Å²) in [5, 5.41) is 0. The number of carbonyl (C=O) groups is 3. The summed E-state index contributed by atoms with van der Waals surface area (Å²) in [6, 6.07) is 0. The van der Waals surface area contributed by atoms with E-state index in [4.69, 9.17) is 14.2 Å². The molecule has 0 aromatic carbocycles. The quantitative estimate of drug-likeness (QED) is 0.0261. The second-order valence-electron chi connectivity index (χ2n) is 21.0. The summed E-state index contributed by atoms with van der Waals surface area (Å²) in [5.74, 6) is -0.886. The van der Waals surface area contributed by atoms with Crippen molar-refractivity contribution in [2.75, 3.05) is 13.2 Å². The van der Waals surface area contributed by atoms with Crippen molar-refractivity contribution in [3.8, 4) is 0 Å². The van der Waals surface area contributed by atoms with E-state index in [2.05, 4.69) is 81.5 Å². The average molecular weight is 1010 g/mol. The highest BCUT2D eigenvalue weighted by Gasteiger charge is 2.19. The maximum absolute atomic E-state index is 12.9. The lowest BCUT2D eigenvalue weighted by molar-refractivity contribution is -0.167. The molecule has 0 aliphatic heterocycles. The summed E-state index contributed by atoms with van der Waals surface area (Å²) in [5.41, 5.74) is 0. The minimum atomic E-state index is -0.783. The molecule has 0 N–H and O–H groups in total. The summed E-state index contributed by atoms with van der Waals surface area (Å²) in [6.07, 6.45) is 76.4. The Morgan fingerprint density at radius 1 is 0.278 bits per heavy atom. The van der Waals surface area contributed by atoms with Crippen molar-refractivity contribution in [2.45, 2.75) is 329 Å². The first-order chi connectivity index (χ1) is 35.5. The molecule has 0 rings (SSSR count). The van der Waals surface area contributed by atoms with Crippen molar-refractivity contribution in [3.63, 3.8) is 0 Å². The molecule has 0 bridgehead atoms. The van der Waals surface area contributed by atoms with E-state index >= 15 is 0 Å². The molecule has 6 nitrogen and oxygen atoms in total. The number of hydrogen-bond donors (Lipinski definition) is 0. The van der Waals surface area contributed by atoms with Crippen molar-refractivity contribution >= 4 is 17.9 Å². The second-order valence-corrected chi connectivity index (χ2v) is 21.0. The van der Waals surface area contributed by atoms with Gasteiger partial charge in [-0.25, -0.2) is 0 Å². The van der Waals surface area contributed by atoms with E-state index in [0.717, 1.165) is 83.5 Å². The highest BCUT2D eigenvalue weighted by Crippen LogP contribution is 2.16. The second kappa shape index (κ2) is 60.7. The molecule has 0 radical (unpaired) electrons. The maximum atomic E-state index is 12.9. The zero-order chi connectivity index (χ0) is 52.2. The van der Waals surface area contributed by atoms with Gasteiger partial charge in [-0.2, -0.15) is 0 Å². The summed E-state index contributed by atoms with van der Waals surface area (Å²) in [6.45, 7) is 6.61. The monoisotopic (exact) mass is 1010 g/mol. The van der Waals surface area contributed by atoms with E-state index in [0.29, 0.717) is 19.3 Å². The number of unbranched alkanes of at least 4 members (excludes halogenated alkanes) is 36. The van der Waals surface area contributed by atoms with Crippen LogP contribution >= 0.6 is 0 Å². The molecule has 0 aliphatic carbocycles. The van der Waals surface area contributed by atoms with E-state index in [-0.39, 0.29) is 31.1 Å². The van der Waals surface area contributed by atoms with E-state index < -0.39 is 6.10 Å². The van der Waals surface area contributed by atoms with Crippen LogP contribution in [-0.2, 0) is 28.6 Å². The fourth-order valence-corrected chi connectivity index (χ4v) is 8.96. The molecule has 0 amide bonds. The molecular formula is C66H118O6. The van der Waals surface area contributed by atoms with Gasteiger partial charge in [0.05, 0.1) is 0 Å². The Morgan fingerprint density at radius 3 is 0.819 bits per heavy atom. The van der Waals surface area contributed by atoms with Gasteiger partial charge < -0.3 is 14.2 Å². The molecule has 1 atom stereocenters. The summed E-state index contributed by atoms with van der Waals surface area (Å²) >= 11 is 0. The van der Waals surface area contributed by atoms with Crippen LogP contribution in [0.4, 0.5) is 0 Å². The Kier molecular flexibility index (Phi) is 58.2. The lowest BCUT2D eigenvalue weighted by atomic mass is 10.1. The Morgan fingerprint density at radius 2 is 0.514 bits per heavy atom. The minimum Gasteiger partial charge on any atom is -0.462 e. The van der Waals surface area contributed by atoms with Gasteiger partial charge in [-0.3, -0.25) is 14.4 Å². The van der Waals surface area contributed by atoms with Gasteiger partial charge in [-0.15, -0.1) is 0 Å². The molecule has 0 spiro atoms. The summed E-state index contributed by atoms with van der Waals surface area (Å²) in [4.78, 5) is 38.3. The van der Waals surface area contributed by atoms with Crippen molar-refractivity contribution in [1.29, 1.82) is 0 Å². The van der Waals surface area contributed by atoms with Crippen LogP contribution in [0.3, 0.4) is 0 Å². The molecule has 418 valence electrons. The predicted octanol–water partition coefficient (Wildman–Crippen LogP) is 21.2. The molecule has 0 aromatic heterocycles. The van der Waals surface area contributed by atoms with Gasteiger partial charge in [0.2, 0.25) is 0 Å². The normalized spacial score (nSPS) is 12.4. The summed E-state index contributed by atoms with van der Waals surface area (Å²) in [7, 11) is 0. The van der Waals surface area contributed by atoms with Gasteiger partial charge in [-0.1, -0.05) is 261 Å². The largest absolute Gasteiger partial charge is 0.462 e. The molecule has 0 heterocycles. The average Bonchev–Trinajstić information content (AvgIpc) is 3.38. The van der Waals surface area contributed by atoms with Crippen molar-refractivity contribution in [3.05, 3.63) is 60.8 Å². The Hall–Kier alpha value is -2.89. The molecule has 72 heavy (non-hydrogen) atoms. The standard InChI is InChI=1S/C66H118O6/c1-4-7-10-13-16-19-22-25-28-30-32-33-35-36-38-41-44-47-50-53-56-59-65(68)71-62-63(61-70-64(67)58-55-52-49-46-43-40-27-24-21-18-15-12-9-6-3)72-66(69)60-57-54-51-48-45-42-39-37-34-31-29-26-23-20-17-14-11-8-5-2/h15,18,22,24-27,29-30,32,63H,4-14,16-17,19-21,23,28,31,33-62H2,1-3H3/b18-15-,25-22-,27-24-,29-26-,32-30-. The van der Waals surface area contributed by atoms with Crippen molar-refractivity contribution in [1.82, 2.24) is 0 Å². The van der Waals surface area contributed by atoms with E-state index in [1.165, 1.54) is 199 Å². The maximum Gasteiger partial charge on any atom is 0.306 e. The molecule has 1 unspecified atom stereocenters. The number of esters is 3. The van der Waals surface area contributed by atoms with Crippen molar-refractivity contribution in [2.24, 2.45) is 0 Å². The van der Waals surface area contributed by atoms with Gasteiger partial charge in [0, 0.05) is 19.3 Å². The van der Waals surface area contributed by atoms with Crippen LogP contribution in [-0.4, -0.2) is 37.2 Å². The van der Waals surface area contributed by atoms with Crippen LogP contribution in [0, 0.1) is 0 Å².